The van der Waals surface area contributed by atoms with E-state index >= 15 is 0 Å². The van der Waals surface area contributed by atoms with E-state index in [2.05, 4.69) is 0 Å². The molecule has 0 aromatic heterocycles. The topological polar surface area (TPSA) is 55.8 Å². The van der Waals surface area contributed by atoms with Crippen LogP contribution in [-0.4, -0.2) is 17.9 Å². The number of benzene rings is 3. The molecule has 0 saturated carbocycles. The van der Waals surface area contributed by atoms with Crippen molar-refractivity contribution >= 4 is 16.7 Å². The second-order valence-corrected chi connectivity index (χ2v) is 5.85. The number of carboxylic acid groups (broad SMARTS) is 1. The first-order valence-electron chi connectivity index (χ1n) is 7.81. The summed E-state index contributed by atoms with van der Waals surface area (Å²) in [6.07, 6.45) is 0.403. The van der Waals surface area contributed by atoms with Crippen LogP contribution in [0.4, 0.5) is 0 Å². The lowest BCUT2D eigenvalue weighted by atomic mass is 9.88. The molecule has 24 heavy (non-hydrogen) atoms. The van der Waals surface area contributed by atoms with Gasteiger partial charge in [0.2, 0.25) is 6.79 Å². The van der Waals surface area contributed by atoms with Gasteiger partial charge in [-0.15, -0.1) is 0 Å². The van der Waals surface area contributed by atoms with E-state index in [1.54, 1.807) is 0 Å². The van der Waals surface area contributed by atoms with E-state index in [0.717, 1.165) is 21.9 Å². The maximum Gasteiger partial charge on any atom is 0.311 e. The molecule has 0 spiro atoms. The number of rotatable bonds is 4. The molecule has 0 radical (unpaired) electrons. The summed E-state index contributed by atoms with van der Waals surface area (Å²) in [5, 5.41) is 11.8. The second kappa shape index (κ2) is 5.89. The van der Waals surface area contributed by atoms with Crippen LogP contribution in [0.3, 0.4) is 0 Å². The molecule has 4 nitrogen and oxygen atoms in total. The summed E-state index contributed by atoms with van der Waals surface area (Å²) in [5.41, 5.74) is 1.75. The molecule has 3 aromatic carbocycles. The van der Waals surface area contributed by atoms with Crippen LogP contribution in [0.15, 0.2) is 60.7 Å². The molecule has 4 heteroatoms. The van der Waals surface area contributed by atoms with Gasteiger partial charge < -0.3 is 14.6 Å². The summed E-state index contributed by atoms with van der Waals surface area (Å²) >= 11 is 0. The highest BCUT2D eigenvalue weighted by Crippen LogP contribution is 2.35. The van der Waals surface area contributed by atoms with Gasteiger partial charge in [0.1, 0.15) is 0 Å². The molecule has 3 aromatic rings. The van der Waals surface area contributed by atoms with Crippen LogP contribution in [0.25, 0.3) is 10.8 Å². The number of carbonyl (C=O) groups is 1. The Kier molecular flexibility index (Phi) is 3.58. The molecule has 0 aliphatic carbocycles. The number of aliphatic carboxylic acids is 1. The third-order valence-electron chi connectivity index (χ3n) is 4.37. The Morgan fingerprint density at radius 1 is 1.00 bits per heavy atom. The minimum atomic E-state index is -0.830. The third kappa shape index (κ3) is 2.56. The summed E-state index contributed by atoms with van der Waals surface area (Å²) in [4.78, 5) is 11.9. The zero-order chi connectivity index (χ0) is 16.5. The zero-order valence-electron chi connectivity index (χ0n) is 12.9. The zero-order valence-corrected chi connectivity index (χ0v) is 12.9. The van der Waals surface area contributed by atoms with Crippen molar-refractivity contribution in [1.29, 1.82) is 0 Å². The average Bonchev–Trinajstić information content (AvgIpc) is 3.07. The van der Waals surface area contributed by atoms with Crippen molar-refractivity contribution in [3.8, 4) is 11.5 Å². The molecule has 1 aliphatic heterocycles. The molecule has 0 fully saturated rings. The molecule has 0 saturated heterocycles. The molecular formula is C20H16O4. The maximum absolute atomic E-state index is 11.9. The fraction of sp³-hybridized carbons (Fsp3) is 0.150. The van der Waals surface area contributed by atoms with E-state index in [9.17, 15) is 9.90 Å². The molecule has 1 unspecified atom stereocenters. The van der Waals surface area contributed by atoms with Crippen LogP contribution >= 0.6 is 0 Å². The lowest BCUT2D eigenvalue weighted by Crippen LogP contribution is -2.15. The van der Waals surface area contributed by atoms with Gasteiger partial charge in [0.05, 0.1) is 5.92 Å². The van der Waals surface area contributed by atoms with E-state index in [-0.39, 0.29) is 6.79 Å². The van der Waals surface area contributed by atoms with E-state index in [1.165, 1.54) is 0 Å². The highest BCUT2D eigenvalue weighted by molar-refractivity contribution is 5.90. The Morgan fingerprint density at radius 3 is 2.67 bits per heavy atom. The lowest BCUT2D eigenvalue weighted by molar-refractivity contribution is -0.138. The van der Waals surface area contributed by atoms with Crippen molar-refractivity contribution in [2.24, 2.45) is 0 Å². The van der Waals surface area contributed by atoms with Gasteiger partial charge in [0.25, 0.3) is 0 Å². The first-order valence-corrected chi connectivity index (χ1v) is 7.81. The van der Waals surface area contributed by atoms with E-state index in [1.807, 2.05) is 60.7 Å². The summed E-state index contributed by atoms with van der Waals surface area (Å²) in [6.45, 7) is 0.213. The minimum Gasteiger partial charge on any atom is -0.481 e. The largest absolute Gasteiger partial charge is 0.481 e. The summed E-state index contributed by atoms with van der Waals surface area (Å²) in [6, 6.07) is 19.3. The van der Waals surface area contributed by atoms with Gasteiger partial charge in [0.15, 0.2) is 11.5 Å². The standard InChI is InChI=1S/C20H16O4/c21-20(22)17(10-13-8-9-18-19(11-13)24-12-23-18)16-7-3-5-14-4-1-2-6-15(14)16/h1-9,11,17H,10,12H2,(H,21,22). The summed E-state index contributed by atoms with van der Waals surface area (Å²) < 4.78 is 10.7. The molecule has 1 heterocycles. The van der Waals surface area contributed by atoms with E-state index in [0.29, 0.717) is 17.9 Å². The van der Waals surface area contributed by atoms with Crippen molar-refractivity contribution in [1.82, 2.24) is 0 Å². The number of fused-ring (bicyclic) bond motifs is 2. The highest BCUT2D eigenvalue weighted by atomic mass is 16.7. The fourth-order valence-corrected chi connectivity index (χ4v) is 3.19. The Hall–Kier alpha value is -3.01. The van der Waals surface area contributed by atoms with Gasteiger partial charge in [-0.25, -0.2) is 0 Å². The van der Waals surface area contributed by atoms with Crippen molar-refractivity contribution in [3.05, 3.63) is 71.8 Å². The quantitative estimate of drug-likeness (QED) is 0.790. The molecular weight excluding hydrogens is 304 g/mol. The van der Waals surface area contributed by atoms with Gasteiger partial charge in [-0.1, -0.05) is 48.5 Å². The predicted molar refractivity (Wildman–Crippen MR) is 90.6 cm³/mol. The normalized spacial score (nSPS) is 13.8. The Morgan fingerprint density at radius 2 is 1.79 bits per heavy atom. The van der Waals surface area contributed by atoms with Crippen molar-refractivity contribution in [3.63, 3.8) is 0 Å². The van der Waals surface area contributed by atoms with E-state index < -0.39 is 11.9 Å². The molecule has 1 aliphatic rings. The SMILES string of the molecule is O=C(O)C(Cc1ccc2c(c1)OCO2)c1cccc2ccccc12. The average molecular weight is 320 g/mol. The molecule has 0 bridgehead atoms. The molecule has 4 rings (SSSR count). The molecule has 1 N–H and O–H groups in total. The van der Waals surface area contributed by atoms with Crippen LogP contribution in [0.2, 0.25) is 0 Å². The van der Waals surface area contributed by atoms with Crippen LogP contribution in [-0.2, 0) is 11.2 Å². The highest BCUT2D eigenvalue weighted by Gasteiger charge is 2.23. The lowest BCUT2D eigenvalue weighted by Gasteiger charge is -2.16. The maximum atomic E-state index is 11.9. The van der Waals surface area contributed by atoms with Gasteiger partial charge in [0, 0.05) is 0 Å². The van der Waals surface area contributed by atoms with Crippen LogP contribution in [0.5, 0.6) is 11.5 Å². The number of hydrogen-bond acceptors (Lipinski definition) is 3. The molecule has 120 valence electrons. The van der Waals surface area contributed by atoms with Crippen LogP contribution in [0, 0.1) is 0 Å². The van der Waals surface area contributed by atoms with Gasteiger partial charge in [-0.3, -0.25) is 4.79 Å². The first-order chi connectivity index (χ1) is 11.7. The van der Waals surface area contributed by atoms with Crippen LogP contribution in [0.1, 0.15) is 17.0 Å². The first kappa shape index (κ1) is 14.6. The van der Waals surface area contributed by atoms with Gasteiger partial charge >= 0.3 is 5.97 Å². The fourth-order valence-electron chi connectivity index (χ4n) is 3.19. The van der Waals surface area contributed by atoms with Crippen molar-refractivity contribution in [2.45, 2.75) is 12.3 Å². The predicted octanol–water partition coefficient (Wildman–Crippen LogP) is 3.98. The Balaban J connectivity index is 1.73. The van der Waals surface area contributed by atoms with Crippen molar-refractivity contribution in [2.75, 3.05) is 6.79 Å². The minimum absolute atomic E-state index is 0.213. The molecule has 1 atom stereocenters. The Bertz CT molecular complexity index is 911. The number of hydrogen-bond donors (Lipinski definition) is 1. The molecule has 0 amide bonds. The number of ether oxygens (including phenoxy) is 2. The smallest absolute Gasteiger partial charge is 0.311 e. The number of carboxylic acids is 1. The summed E-state index contributed by atoms with van der Waals surface area (Å²) in [5.74, 6) is -0.0640. The Labute approximate surface area is 139 Å². The summed E-state index contributed by atoms with van der Waals surface area (Å²) in [7, 11) is 0. The van der Waals surface area contributed by atoms with Crippen LogP contribution < -0.4 is 9.47 Å². The van der Waals surface area contributed by atoms with Gasteiger partial charge in [-0.2, -0.15) is 0 Å². The third-order valence-corrected chi connectivity index (χ3v) is 4.37. The van der Waals surface area contributed by atoms with Crippen molar-refractivity contribution < 1.29 is 19.4 Å². The monoisotopic (exact) mass is 320 g/mol. The second-order valence-electron chi connectivity index (χ2n) is 5.85. The van der Waals surface area contributed by atoms with Gasteiger partial charge in [-0.05, 0) is 40.5 Å². The van der Waals surface area contributed by atoms with E-state index in [4.69, 9.17) is 9.47 Å².